The molecule has 0 bridgehead atoms. The minimum atomic E-state index is 0.193. The number of aromatic amines is 2. The Kier molecular flexibility index (Phi) is 8.11. The van der Waals surface area contributed by atoms with Crippen LogP contribution in [0.5, 0.6) is 0 Å². The van der Waals surface area contributed by atoms with E-state index >= 15 is 0 Å². The summed E-state index contributed by atoms with van der Waals surface area (Å²) in [5.41, 5.74) is 2.30. The highest BCUT2D eigenvalue weighted by Crippen LogP contribution is 2.41. The third-order valence-corrected chi connectivity index (χ3v) is 9.36. The number of nitrogens with one attached hydrogen (secondary N) is 2. The van der Waals surface area contributed by atoms with Crippen molar-refractivity contribution in [2.24, 2.45) is 5.41 Å². The van der Waals surface area contributed by atoms with Crippen LogP contribution in [0.1, 0.15) is 85.4 Å². The minimum Gasteiger partial charge on any atom is -0.348 e. The predicted molar refractivity (Wildman–Crippen MR) is 152 cm³/mol. The standard InChI is InChI=1S/C31H43N7O/c39-30(38-18-4-11-31(24-38)12-19-37(20-13-31)27-5-2-1-3-6-27)26-9-7-25(8-10-26)21-36(22-28-32-14-15-33-28)23-29-34-16-17-35-29/h7-10,14-17,27H,1-6,11-13,18-24H2,(H,32,33)(H,34,35). The Labute approximate surface area is 232 Å². The number of benzene rings is 1. The third-order valence-electron chi connectivity index (χ3n) is 9.36. The lowest BCUT2D eigenvalue weighted by atomic mass is 9.72. The van der Waals surface area contributed by atoms with E-state index < -0.39 is 0 Å². The fourth-order valence-corrected chi connectivity index (χ4v) is 7.15. The summed E-state index contributed by atoms with van der Waals surface area (Å²) < 4.78 is 0. The molecule has 1 aliphatic carbocycles. The summed E-state index contributed by atoms with van der Waals surface area (Å²) in [6, 6.07) is 9.05. The van der Waals surface area contributed by atoms with E-state index in [4.69, 9.17) is 0 Å². The van der Waals surface area contributed by atoms with Gasteiger partial charge in [-0.05, 0) is 74.7 Å². The summed E-state index contributed by atoms with van der Waals surface area (Å²) in [6.07, 6.45) is 19.2. The molecule has 3 aliphatic rings. The number of nitrogens with zero attached hydrogens (tertiary/aromatic N) is 5. The molecule has 2 aliphatic heterocycles. The van der Waals surface area contributed by atoms with Crippen molar-refractivity contribution >= 4 is 5.91 Å². The largest absolute Gasteiger partial charge is 0.348 e. The van der Waals surface area contributed by atoms with Crippen LogP contribution >= 0.6 is 0 Å². The van der Waals surface area contributed by atoms with Crippen LogP contribution in [0.15, 0.2) is 49.1 Å². The Morgan fingerprint density at radius 1 is 0.846 bits per heavy atom. The van der Waals surface area contributed by atoms with E-state index in [0.29, 0.717) is 18.5 Å². The maximum atomic E-state index is 13.6. The number of aromatic nitrogens is 4. The molecule has 208 valence electrons. The highest BCUT2D eigenvalue weighted by Gasteiger charge is 2.41. The number of piperidine rings is 2. The zero-order valence-corrected chi connectivity index (χ0v) is 23.2. The molecule has 39 heavy (non-hydrogen) atoms. The van der Waals surface area contributed by atoms with Crippen molar-refractivity contribution in [1.82, 2.24) is 34.6 Å². The SMILES string of the molecule is O=C(c1ccc(CN(Cc2ncc[nH]2)Cc2ncc[nH]2)cc1)N1CCCC2(CCN(C3CCCCC3)CC2)C1. The molecule has 8 nitrogen and oxygen atoms in total. The van der Waals surface area contributed by atoms with Gasteiger partial charge in [-0.1, -0.05) is 31.4 Å². The van der Waals surface area contributed by atoms with Gasteiger partial charge in [-0.25, -0.2) is 9.97 Å². The topological polar surface area (TPSA) is 84.1 Å². The van der Waals surface area contributed by atoms with Crippen molar-refractivity contribution in [2.45, 2.75) is 83.5 Å². The highest BCUT2D eigenvalue weighted by molar-refractivity contribution is 5.94. The van der Waals surface area contributed by atoms with Crippen molar-refractivity contribution < 1.29 is 4.79 Å². The Hall–Kier alpha value is -2.97. The first-order valence-corrected chi connectivity index (χ1v) is 15.0. The van der Waals surface area contributed by atoms with Crippen LogP contribution in [0.2, 0.25) is 0 Å². The molecule has 0 atom stereocenters. The second kappa shape index (κ2) is 12.0. The average Bonchev–Trinajstić information content (AvgIpc) is 3.69. The first kappa shape index (κ1) is 26.3. The minimum absolute atomic E-state index is 0.193. The molecule has 0 radical (unpaired) electrons. The molecule has 6 rings (SSSR count). The van der Waals surface area contributed by atoms with Crippen LogP contribution in [0.3, 0.4) is 0 Å². The number of hydrogen-bond donors (Lipinski definition) is 2. The molecule has 0 unspecified atom stereocenters. The number of carbonyl (C=O) groups excluding carboxylic acids is 1. The van der Waals surface area contributed by atoms with E-state index in [2.05, 4.69) is 46.8 Å². The van der Waals surface area contributed by atoms with E-state index in [1.54, 1.807) is 12.4 Å². The fourth-order valence-electron chi connectivity index (χ4n) is 7.15. The number of carbonyl (C=O) groups is 1. The second-order valence-corrected chi connectivity index (χ2v) is 12.1. The van der Waals surface area contributed by atoms with Crippen LogP contribution in [-0.4, -0.2) is 72.8 Å². The van der Waals surface area contributed by atoms with Gasteiger partial charge in [0, 0.05) is 56.0 Å². The van der Waals surface area contributed by atoms with Crippen molar-refractivity contribution in [3.05, 3.63) is 71.8 Å². The molecular weight excluding hydrogens is 486 g/mol. The summed E-state index contributed by atoms with van der Waals surface area (Å²) in [6.45, 7) is 6.38. The van der Waals surface area contributed by atoms with Gasteiger partial charge in [-0.2, -0.15) is 0 Å². The Morgan fingerprint density at radius 2 is 1.51 bits per heavy atom. The maximum Gasteiger partial charge on any atom is 0.253 e. The Balaban J connectivity index is 1.06. The van der Waals surface area contributed by atoms with Gasteiger partial charge >= 0.3 is 0 Å². The van der Waals surface area contributed by atoms with Gasteiger partial charge in [-0.15, -0.1) is 0 Å². The zero-order valence-electron chi connectivity index (χ0n) is 23.2. The van der Waals surface area contributed by atoms with Crippen molar-refractivity contribution in [2.75, 3.05) is 26.2 Å². The molecule has 1 spiro atoms. The lowest BCUT2D eigenvalue weighted by Gasteiger charge is -2.49. The van der Waals surface area contributed by atoms with Crippen LogP contribution in [0.4, 0.5) is 0 Å². The molecule has 1 amide bonds. The normalized spacial score (nSPS) is 20.6. The van der Waals surface area contributed by atoms with Gasteiger partial charge in [0.1, 0.15) is 11.6 Å². The number of amides is 1. The lowest BCUT2D eigenvalue weighted by Crippen LogP contribution is -2.53. The Bertz CT molecular complexity index is 1120. The van der Waals surface area contributed by atoms with Crippen LogP contribution in [0, 0.1) is 5.41 Å². The first-order chi connectivity index (χ1) is 19.2. The molecule has 2 saturated heterocycles. The summed E-state index contributed by atoms with van der Waals surface area (Å²) in [5.74, 6) is 2.05. The summed E-state index contributed by atoms with van der Waals surface area (Å²) in [7, 11) is 0. The number of rotatable bonds is 8. The average molecular weight is 530 g/mol. The molecular formula is C31H43N7O. The summed E-state index contributed by atoms with van der Waals surface area (Å²) >= 11 is 0. The van der Waals surface area contributed by atoms with E-state index in [0.717, 1.165) is 49.3 Å². The van der Waals surface area contributed by atoms with Gasteiger partial charge in [0.05, 0.1) is 13.1 Å². The van der Waals surface area contributed by atoms with E-state index in [-0.39, 0.29) is 5.91 Å². The number of imidazole rings is 2. The monoisotopic (exact) mass is 529 g/mol. The highest BCUT2D eigenvalue weighted by atomic mass is 16.2. The molecule has 2 aromatic heterocycles. The summed E-state index contributed by atoms with van der Waals surface area (Å²) in [5, 5.41) is 0. The van der Waals surface area contributed by atoms with Crippen molar-refractivity contribution in [1.29, 1.82) is 0 Å². The van der Waals surface area contributed by atoms with Crippen molar-refractivity contribution in [3.63, 3.8) is 0 Å². The molecule has 1 saturated carbocycles. The van der Waals surface area contributed by atoms with Crippen molar-refractivity contribution in [3.8, 4) is 0 Å². The lowest BCUT2D eigenvalue weighted by molar-refractivity contribution is 0.00656. The second-order valence-electron chi connectivity index (χ2n) is 12.1. The van der Waals surface area contributed by atoms with Gasteiger partial charge in [0.15, 0.2) is 0 Å². The number of H-pyrrole nitrogens is 2. The number of hydrogen-bond acceptors (Lipinski definition) is 5. The van der Waals surface area contributed by atoms with Gasteiger partial charge in [-0.3, -0.25) is 9.69 Å². The molecule has 3 fully saturated rings. The molecule has 4 heterocycles. The van der Waals surface area contributed by atoms with Crippen LogP contribution in [-0.2, 0) is 19.6 Å². The summed E-state index contributed by atoms with van der Waals surface area (Å²) in [4.78, 5) is 36.0. The quantitative estimate of drug-likeness (QED) is 0.430. The first-order valence-electron chi connectivity index (χ1n) is 15.0. The third kappa shape index (κ3) is 6.44. The molecule has 3 aromatic rings. The maximum absolute atomic E-state index is 13.6. The van der Waals surface area contributed by atoms with Crippen LogP contribution in [0.25, 0.3) is 0 Å². The fraction of sp³-hybridized carbons (Fsp3) is 0.581. The smallest absolute Gasteiger partial charge is 0.253 e. The Morgan fingerprint density at radius 3 is 2.13 bits per heavy atom. The molecule has 2 N–H and O–H groups in total. The zero-order chi connectivity index (χ0) is 26.5. The predicted octanol–water partition coefficient (Wildman–Crippen LogP) is 4.99. The van der Waals surface area contributed by atoms with Crippen LogP contribution < -0.4 is 0 Å². The van der Waals surface area contributed by atoms with E-state index in [1.165, 1.54) is 70.0 Å². The van der Waals surface area contributed by atoms with Gasteiger partial charge < -0.3 is 19.8 Å². The van der Waals surface area contributed by atoms with Gasteiger partial charge in [0.2, 0.25) is 0 Å². The van der Waals surface area contributed by atoms with E-state index in [1.807, 2.05) is 24.5 Å². The van der Waals surface area contributed by atoms with E-state index in [9.17, 15) is 4.79 Å². The van der Waals surface area contributed by atoms with Gasteiger partial charge in [0.25, 0.3) is 5.91 Å². The molecule has 1 aromatic carbocycles. The molecule has 8 heteroatoms. The number of likely N-dealkylation sites (tertiary alicyclic amines) is 2.